The summed E-state index contributed by atoms with van der Waals surface area (Å²) in [6.07, 6.45) is 1.13. The number of para-hydroxylation sites is 2. The SMILES string of the molecule is Cl.O=[N+]([O-])c1ccccc1NC[C@@H]1CCNC1. The van der Waals surface area contributed by atoms with Crippen molar-refractivity contribution in [3.8, 4) is 0 Å². The molecule has 0 unspecified atom stereocenters. The molecule has 5 nitrogen and oxygen atoms in total. The predicted octanol–water partition coefficient (Wildman–Crippen LogP) is 2.04. The fraction of sp³-hybridized carbons (Fsp3) is 0.455. The van der Waals surface area contributed by atoms with Crippen molar-refractivity contribution in [1.82, 2.24) is 5.32 Å². The molecular weight excluding hydrogens is 242 g/mol. The second-order valence-electron chi connectivity index (χ2n) is 4.01. The number of halogens is 1. The lowest BCUT2D eigenvalue weighted by molar-refractivity contribution is -0.384. The van der Waals surface area contributed by atoms with Crippen molar-refractivity contribution in [3.05, 3.63) is 34.4 Å². The molecule has 1 aliphatic heterocycles. The Morgan fingerprint density at radius 1 is 1.47 bits per heavy atom. The molecule has 1 aromatic rings. The van der Waals surface area contributed by atoms with Crippen molar-refractivity contribution in [2.45, 2.75) is 6.42 Å². The van der Waals surface area contributed by atoms with Crippen LogP contribution in [0.15, 0.2) is 24.3 Å². The molecule has 0 aromatic heterocycles. The van der Waals surface area contributed by atoms with E-state index in [2.05, 4.69) is 10.6 Å². The summed E-state index contributed by atoms with van der Waals surface area (Å²) in [5, 5.41) is 17.2. The largest absolute Gasteiger partial charge is 0.379 e. The third-order valence-electron chi connectivity index (χ3n) is 2.84. The Morgan fingerprint density at radius 3 is 2.88 bits per heavy atom. The van der Waals surface area contributed by atoms with E-state index in [1.807, 2.05) is 6.07 Å². The normalized spacial score (nSPS) is 18.5. The second-order valence-corrected chi connectivity index (χ2v) is 4.01. The Balaban J connectivity index is 0.00000144. The van der Waals surface area contributed by atoms with E-state index >= 15 is 0 Å². The summed E-state index contributed by atoms with van der Waals surface area (Å²) >= 11 is 0. The molecule has 2 N–H and O–H groups in total. The van der Waals surface area contributed by atoms with Crippen LogP contribution >= 0.6 is 12.4 Å². The molecule has 2 rings (SSSR count). The van der Waals surface area contributed by atoms with Gasteiger partial charge in [0.25, 0.3) is 5.69 Å². The molecule has 0 saturated carbocycles. The Kier molecular flexibility index (Phi) is 5.18. The lowest BCUT2D eigenvalue weighted by atomic mass is 10.1. The summed E-state index contributed by atoms with van der Waals surface area (Å²) in [7, 11) is 0. The molecule has 0 aliphatic carbocycles. The lowest BCUT2D eigenvalue weighted by Crippen LogP contribution is -2.17. The molecule has 1 atom stereocenters. The highest BCUT2D eigenvalue weighted by molar-refractivity contribution is 5.85. The summed E-state index contributed by atoms with van der Waals surface area (Å²) in [5.74, 6) is 0.569. The molecular formula is C11H16ClN3O2. The minimum Gasteiger partial charge on any atom is -0.379 e. The third kappa shape index (κ3) is 3.57. The van der Waals surface area contributed by atoms with Crippen molar-refractivity contribution in [1.29, 1.82) is 0 Å². The number of benzene rings is 1. The van der Waals surface area contributed by atoms with Gasteiger partial charge < -0.3 is 10.6 Å². The van der Waals surface area contributed by atoms with E-state index < -0.39 is 0 Å². The average Bonchev–Trinajstić information content (AvgIpc) is 2.79. The van der Waals surface area contributed by atoms with Crippen molar-refractivity contribution in [2.75, 3.05) is 25.0 Å². The summed E-state index contributed by atoms with van der Waals surface area (Å²) in [6, 6.07) is 6.76. The Labute approximate surface area is 106 Å². The lowest BCUT2D eigenvalue weighted by Gasteiger charge is -2.11. The zero-order valence-corrected chi connectivity index (χ0v) is 10.2. The van der Waals surface area contributed by atoms with Crippen LogP contribution in [0.5, 0.6) is 0 Å². The number of nitro benzene ring substituents is 1. The molecule has 1 saturated heterocycles. The number of nitro groups is 1. The molecule has 0 bridgehead atoms. The smallest absolute Gasteiger partial charge is 0.292 e. The van der Waals surface area contributed by atoms with Gasteiger partial charge >= 0.3 is 0 Å². The maximum atomic E-state index is 10.8. The van der Waals surface area contributed by atoms with Gasteiger partial charge in [0.1, 0.15) is 5.69 Å². The standard InChI is InChI=1S/C11H15N3O2.ClH/c15-14(16)11-4-2-1-3-10(11)13-8-9-5-6-12-7-9;/h1-4,9,12-13H,5-8H2;1H/t9-;/m1./s1. The van der Waals surface area contributed by atoms with Crippen LogP contribution in [0.3, 0.4) is 0 Å². The van der Waals surface area contributed by atoms with Crippen LogP contribution in [-0.2, 0) is 0 Å². The topological polar surface area (TPSA) is 67.2 Å². The molecule has 0 spiro atoms. The van der Waals surface area contributed by atoms with Gasteiger partial charge in [-0.05, 0) is 31.5 Å². The first-order chi connectivity index (χ1) is 7.77. The van der Waals surface area contributed by atoms with Gasteiger partial charge in [-0.3, -0.25) is 10.1 Å². The monoisotopic (exact) mass is 257 g/mol. The highest BCUT2D eigenvalue weighted by Crippen LogP contribution is 2.23. The van der Waals surface area contributed by atoms with Crippen LogP contribution in [-0.4, -0.2) is 24.6 Å². The van der Waals surface area contributed by atoms with Gasteiger partial charge in [-0.2, -0.15) is 0 Å². The molecule has 0 radical (unpaired) electrons. The van der Waals surface area contributed by atoms with Crippen LogP contribution in [0, 0.1) is 16.0 Å². The molecule has 17 heavy (non-hydrogen) atoms. The van der Waals surface area contributed by atoms with Crippen LogP contribution in [0.4, 0.5) is 11.4 Å². The first-order valence-electron chi connectivity index (χ1n) is 5.45. The van der Waals surface area contributed by atoms with Gasteiger partial charge in [0.2, 0.25) is 0 Å². The number of hydrogen-bond donors (Lipinski definition) is 2. The number of rotatable bonds is 4. The predicted molar refractivity (Wildman–Crippen MR) is 69.8 cm³/mol. The van der Waals surface area contributed by atoms with E-state index in [9.17, 15) is 10.1 Å². The van der Waals surface area contributed by atoms with Crippen LogP contribution in [0.2, 0.25) is 0 Å². The van der Waals surface area contributed by atoms with Gasteiger partial charge in [0.05, 0.1) is 4.92 Å². The first kappa shape index (κ1) is 13.7. The van der Waals surface area contributed by atoms with Crippen molar-refractivity contribution < 1.29 is 4.92 Å². The van der Waals surface area contributed by atoms with Gasteiger partial charge in [-0.25, -0.2) is 0 Å². The van der Waals surface area contributed by atoms with Crippen molar-refractivity contribution >= 4 is 23.8 Å². The number of nitrogens with zero attached hydrogens (tertiary/aromatic N) is 1. The molecule has 1 aliphatic rings. The van der Waals surface area contributed by atoms with Gasteiger partial charge in [-0.15, -0.1) is 12.4 Å². The van der Waals surface area contributed by atoms with Crippen LogP contribution < -0.4 is 10.6 Å². The van der Waals surface area contributed by atoms with E-state index in [0.717, 1.165) is 26.1 Å². The highest BCUT2D eigenvalue weighted by atomic mass is 35.5. The Hall–Kier alpha value is -1.33. The third-order valence-corrected chi connectivity index (χ3v) is 2.84. The fourth-order valence-corrected chi connectivity index (χ4v) is 1.93. The fourth-order valence-electron chi connectivity index (χ4n) is 1.93. The zero-order valence-electron chi connectivity index (χ0n) is 9.39. The van der Waals surface area contributed by atoms with Gasteiger partial charge in [0, 0.05) is 12.6 Å². The number of nitrogens with one attached hydrogen (secondary N) is 2. The van der Waals surface area contributed by atoms with Crippen molar-refractivity contribution in [3.63, 3.8) is 0 Å². The summed E-state index contributed by atoms with van der Waals surface area (Å²) in [4.78, 5) is 10.4. The van der Waals surface area contributed by atoms with E-state index in [4.69, 9.17) is 0 Å². The molecule has 6 heteroatoms. The maximum Gasteiger partial charge on any atom is 0.292 e. The molecule has 1 aromatic carbocycles. The van der Waals surface area contributed by atoms with E-state index in [1.165, 1.54) is 6.07 Å². The summed E-state index contributed by atoms with van der Waals surface area (Å²) in [5.41, 5.74) is 0.757. The van der Waals surface area contributed by atoms with Gasteiger partial charge in [0.15, 0.2) is 0 Å². The molecule has 1 fully saturated rings. The van der Waals surface area contributed by atoms with E-state index in [1.54, 1.807) is 12.1 Å². The number of anilines is 1. The summed E-state index contributed by atoms with van der Waals surface area (Å²) < 4.78 is 0. The minimum absolute atomic E-state index is 0. The second kappa shape index (κ2) is 6.42. The molecule has 1 heterocycles. The van der Waals surface area contributed by atoms with Crippen LogP contribution in [0.25, 0.3) is 0 Å². The van der Waals surface area contributed by atoms with Crippen molar-refractivity contribution in [2.24, 2.45) is 5.92 Å². The minimum atomic E-state index is -0.352. The summed E-state index contributed by atoms with van der Waals surface area (Å²) in [6.45, 7) is 2.83. The maximum absolute atomic E-state index is 10.8. The molecule has 0 amide bonds. The highest BCUT2D eigenvalue weighted by Gasteiger charge is 2.16. The number of hydrogen-bond acceptors (Lipinski definition) is 4. The Bertz CT molecular complexity index is 381. The Morgan fingerprint density at radius 2 is 2.24 bits per heavy atom. The average molecular weight is 258 g/mol. The quantitative estimate of drug-likeness (QED) is 0.640. The first-order valence-corrected chi connectivity index (χ1v) is 5.45. The zero-order chi connectivity index (χ0) is 11.4. The van der Waals surface area contributed by atoms with E-state index in [-0.39, 0.29) is 23.0 Å². The van der Waals surface area contributed by atoms with Gasteiger partial charge in [-0.1, -0.05) is 12.1 Å². The molecule has 94 valence electrons. The van der Waals surface area contributed by atoms with E-state index in [0.29, 0.717) is 11.6 Å². The van der Waals surface area contributed by atoms with Crippen LogP contribution in [0.1, 0.15) is 6.42 Å².